The highest BCUT2D eigenvalue weighted by molar-refractivity contribution is 5.78. The topological polar surface area (TPSA) is 36.4 Å². The molecule has 2 aliphatic rings. The van der Waals surface area contributed by atoms with Crippen LogP contribution in [0.25, 0.3) is 0 Å². The van der Waals surface area contributed by atoms with Crippen LogP contribution in [0.3, 0.4) is 0 Å². The van der Waals surface area contributed by atoms with Crippen LogP contribution in [0.4, 0.5) is 4.39 Å². The maximum Gasteiger partial charge on any atom is 0.236 e. The molecule has 2 aromatic rings. The number of benzene rings is 1. The van der Waals surface area contributed by atoms with Crippen LogP contribution >= 0.6 is 0 Å². The lowest BCUT2D eigenvalue weighted by Gasteiger charge is -2.36. The summed E-state index contributed by atoms with van der Waals surface area (Å²) in [5.41, 5.74) is 3.33. The number of halogens is 1. The van der Waals surface area contributed by atoms with Crippen molar-refractivity contribution >= 4 is 5.91 Å². The van der Waals surface area contributed by atoms with Gasteiger partial charge in [0.15, 0.2) is 0 Å². The Kier molecular flexibility index (Phi) is 7.33. The van der Waals surface area contributed by atoms with Crippen molar-refractivity contribution in [1.82, 2.24) is 14.8 Å². The Balaban J connectivity index is 1.31. The Hall–Kier alpha value is -2.27. The highest BCUT2D eigenvalue weighted by atomic mass is 19.1. The van der Waals surface area contributed by atoms with Crippen molar-refractivity contribution in [1.29, 1.82) is 0 Å². The van der Waals surface area contributed by atoms with E-state index in [0.717, 1.165) is 62.0 Å². The summed E-state index contributed by atoms with van der Waals surface area (Å²) in [4.78, 5) is 21.9. The molecule has 1 atom stereocenters. The highest BCUT2D eigenvalue weighted by Crippen LogP contribution is 2.27. The normalized spacial score (nSPS) is 20.5. The smallest absolute Gasteiger partial charge is 0.236 e. The molecule has 1 aromatic carbocycles. The number of likely N-dealkylation sites (N-methyl/N-ethyl adjacent to an activating group) is 1. The van der Waals surface area contributed by atoms with Crippen LogP contribution in [0.2, 0.25) is 0 Å². The van der Waals surface area contributed by atoms with Crippen LogP contribution in [0.15, 0.2) is 42.6 Å². The van der Waals surface area contributed by atoms with E-state index in [1.54, 1.807) is 0 Å². The number of aromatic nitrogens is 1. The molecular weight excluding hydrogens is 389 g/mol. The first-order valence-corrected chi connectivity index (χ1v) is 11.8. The van der Waals surface area contributed by atoms with E-state index in [1.165, 1.54) is 31.4 Å². The molecule has 0 unspecified atom stereocenters. The Morgan fingerprint density at radius 1 is 1.03 bits per heavy atom. The summed E-state index contributed by atoms with van der Waals surface area (Å²) in [6.45, 7) is 2.41. The van der Waals surface area contributed by atoms with E-state index in [9.17, 15) is 9.18 Å². The fourth-order valence-electron chi connectivity index (χ4n) is 5.04. The quantitative estimate of drug-likeness (QED) is 0.671. The predicted molar refractivity (Wildman–Crippen MR) is 122 cm³/mol. The summed E-state index contributed by atoms with van der Waals surface area (Å²) >= 11 is 0. The monoisotopic (exact) mass is 423 g/mol. The molecule has 1 amide bonds. The van der Waals surface area contributed by atoms with Gasteiger partial charge in [-0.3, -0.25) is 14.7 Å². The van der Waals surface area contributed by atoms with E-state index in [0.29, 0.717) is 18.5 Å². The number of nitrogens with zero attached hydrogens (tertiary/aromatic N) is 3. The van der Waals surface area contributed by atoms with Gasteiger partial charge in [-0.1, -0.05) is 37.5 Å². The number of amides is 1. The lowest BCUT2D eigenvalue weighted by molar-refractivity contribution is -0.134. The molecule has 166 valence electrons. The number of likely N-dealkylation sites (tertiary alicyclic amines) is 1. The summed E-state index contributed by atoms with van der Waals surface area (Å²) in [7, 11) is 1.99. The predicted octanol–water partition coefficient (Wildman–Crippen LogP) is 4.78. The van der Waals surface area contributed by atoms with Crippen LogP contribution in [-0.2, 0) is 11.2 Å². The molecule has 0 spiro atoms. The summed E-state index contributed by atoms with van der Waals surface area (Å²) in [6.07, 6.45) is 11.0. The van der Waals surface area contributed by atoms with E-state index in [2.05, 4.69) is 17.0 Å². The van der Waals surface area contributed by atoms with Gasteiger partial charge in [-0.15, -0.1) is 0 Å². The maximum absolute atomic E-state index is 13.1. The summed E-state index contributed by atoms with van der Waals surface area (Å²) in [5.74, 6) is 0.430. The molecule has 0 bridgehead atoms. The highest BCUT2D eigenvalue weighted by Gasteiger charge is 2.27. The lowest BCUT2D eigenvalue weighted by Crippen LogP contribution is -2.46. The summed E-state index contributed by atoms with van der Waals surface area (Å²) < 4.78 is 13.1. The zero-order chi connectivity index (χ0) is 21.6. The first kappa shape index (κ1) is 21.9. The Morgan fingerprint density at radius 2 is 1.77 bits per heavy atom. The second kappa shape index (κ2) is 10.4. The molecule has 1 aliphatic heterocycles. The minimum absolute atomic E-state index is 0.206. The Morgan fingerprint density at radius 3 is 2.48 bits per heavy atom. The maximum atomic E-state index is 13.1. The van der Waals surface area contributed by atoms with Crippen LogP contribution in [0.5, 0.6) is 0 Å². The van der Waals surface area contributed by atoms with Crippen LogP contribution in [-0.4, -0.2) is 53.4 Å². The fraction of sp³-hybridized carbons (Fsp3) is 0.538. The van der Waals surface area contributed by atoms with Crippen molar-refractivity contribution in [2.45, 2.75) is 63.3 Å². The Bertz CT molecular complexity index is 846. The van der Waals surface area contributed by atoms with Crippen molar-refractivity contribution in [2.24, 2.45) is 0 Å². The van der Waals surface area contributed by atoms with Crippen molar-refractivity contribution in [3.63, 3.8) is 0 Å². The second-order valence-corrected chi connectivity index (χ2v) is 9.27. The molecule has 0 N–H and O–H groups in total. The number of rotatable bonds is 6. The number of piperidine rings is 1. The van der Waals surface area contributed by atoms with E-state index in [1.807, 2.05) is 30.3 Å². The van der Waals surface area contributed by atoms with Gasteiger partial charge in [-0.25, -0.2) is 4.39 Å². The molecule has 1 saturated carbocycles. The number of hydrogen-bond acceptors (Lipinski definition) is 3. The van der Waals surface area contributed by atoms with Crippen molar-refractivity contribution in [3.05, 3.63) is 65.2 Å². The number of carbonyl (C=O) groups is 1. The summed E-state index contributed by atoms with van der Waals surface area (Å²) in [5, 5.41) is 0. The van der Waals surface area contributed by atoms with Gasteiger partial charge in [0.25, 0.3) is 0 Å². The minimum Gasteiger partial charge on any atom is -0.342 e. The standard InChI is InChI=1S/C26H34FN3O/c1-29(24-7-3-2-4-8-24)26(31)19-30-15-5-6-22(18-30)25-14-11-21(17-28-25)16-20-9-12-23(27)13-10-20/h9-14,17,22,24H,2-8,15-16,18-19H2,1H3/t22-/m1/s1. The van der Waals surface area contributed by atoms with Crippen molar-refractivity contribution < 1.29 is 9.18 Å². The van der Waals surface area contributed by atoms with Crippen LogP contribution in [0.1, 0.15) is 67.7 Å². The van der Waals surface area contributed by atoms with Gasteiger partial charge in [-0.2, -0.15) is 0 Å². The van der Waals surface area contributed by atoms with Gasteiger partial charge >= 0.3 is 0 Å². The number of pyridine rings is 1. The third-order valence-corrected chi connectivity index (χ3v) is 6.97. The van der Waals surface area contributed by atoms with E-state index >= 15 is 0 Å². The molecule has 4 nitrogen and oxygen atoms in total. The summed E-state index contributed by atoms with van der Waals surface area (Å²) in [6, 6.07) is 11.3. The Labute approximate surface area is 185 Å². The van der Waals surface area contributed by atoms with Gasteiger partial charge < -0.3 is 4.90 Å². The van der Waals surface area contributed by atoms with Gasteiger partial charge in [0.2, 0.25) is 5.91 Å². The van der Waals surface area contributed by atoms with Crippen LogP contribution in [0, 0.1) is 5.82 Å². The number of carbonyl (C=O) groups excluding carboxylic acids is 1. The van der Waals surface area contributed by atoms with Crippen molar-refractivity contribution in [2.75, 3.05) is 26.7 Å². The second-order valence-electron chi connectivity index (χ2n) is 9.27. The third-order valence-electron chi connectivity index (χ3n) is 6.97. The van der Waals surface area contributed by atoms with Gasteiger partial charge in [-0.05, 0) is 68.0 Å². The van der Waals surface area contributed by atoms with Gasteiger partial charge in [0.1, 0.15) is 5.82 Å². The van der Waals surface area contributed by atoms with E-state index < -0.39 is 0 Å². The minimum atomic E-state index is -0.206. The van der Waals surface area contributed by atoms with Crippen molar-refractivity contribution in [3.8, 4) is 0 Å². The molecule has 1 aliphatic carbocycles. The SMILES string of the molecule is CN(C(=O)CN1CCC[C@@H](c2ccc(Cc3ccc(F)cc3)cn2)C1)C1CCCCC1. The molecule has 1 aromatic heterocycles. The molecule has 5 heteroatoms. The molecule has 4 rings (SSSR count). The molecule has 31 heavy (non-hydrogen) atoms. The average molecular weight is 424 g/mol. The lowest BCUT2D eigenvalue weighted by atomic mass is 9.93. The van der Waals surface area contributed by atoms with Crippen LogP contribution < -0.4 is 0 Å². The molecule has 2 heterocycles. The molecule has 0 radical (unpaired) electrons. The van der Waals surface area contributed by atoms with Gasteiger partial charge in [0, 0.05) is 37.4 Å². The first-order chi connectivity index (χ1) is 15.1. The van der Waals surface area contributed by atoms with Gasteiger partial charge in [0.05, 0.1) is 6.54 Å². The third kappa shape index (κ3) is 5.91. The molecule has 2 fully saturated rings. The first-order valence-electron chi connectivity index (χ1n) is 11.8. The fourth-order valence-corrected chi connectivity index (χ4v) is 5.04. The molecule has 1 saturated heterocycles. The molecular formula is C26H34FN3O. The van der Waals surface area contributed by atoms with E-state index in [-0.39, 0.29) is 11.7 Å². The zero-order valence-corrected chi connectivity index (χ0v) is 18.6. The average Bonchev–Trinajstić information content (AvgIpc) is 2.81. The van der Waals surface area contributed by atoms with E-state index in [4.69, 9.17) is 4.98 Å². The number of hydrogen-bond donors (Lipinski definition) is 0. The zero-order valence-electron chi connectivity index (χ0n) is 18.6. The largest absolute Gasteiger partial charge is 0.342 e.